The van der Waals surface area contributed by atoms with Crippen LogP contribution in [0.15, 0.2) is 82.2 Å². The van der Waals surface area contributed by atoms with Crippen LogP contribution in [0, 0.1) is 5.53 Å². The van der Waals surface area contributed by atoms with E-state index in [0.717, 1.165) is 12.3 Å². The lowest BCUT2D eigenvalue weighted by atomic mass is 10.1. The summed E-state index contributed by atoms with van der Waals surface area (Å²) in [5, 5.41) is 9.34. The van der Waals surface area contributed by atoms with Crippen LogP contribution in [0.4, 0.5) is 13.2 Å². The molecule has 1 heterocycles. The first-order valence-electron chi connectivity index (χ1n) is 11.0. The lowest BCUT2D eigenvalue weighted by Crippen LogP contribution is -2.33. The molecule has 0 aliphatic heterocycles. The summed E-state index contributed by atoms with van der Waals surface area (Å²) in [6.07, 6.45) is -2.04. The fraction of sp³-hybridized carbons (Fsp3) is 0.120. The van der Waals surface area contributed by atoms with Crippen LogP contribution in [0.2, 0.25) is 10.0 Å². The molecule has 0 aliphatic carbocycles. The van der Waals surface area contributed by atoms with Crippen LogP contribution in [-0.4, -0.2) is 29.0 Å². The van der Waals surface area contributed by atoms with Gasteiger partial charge in [-0.25, -0.2) is 0 Å². The van der Waals surface area contributed by atoms with E-state index >= 15 is 0 Å². The first-order chi connectivity index (χ1) is 18.5. The highest BCUT2D eigenvalue weighted by Gasteiger charge is 2.32. The van der Waals surface area contributed by atoms with Crippen molar-refractivity contribution in [2.45, 2.75) is 12.7 Å². The minimum atomic E-state index is -4.59. The Morgan fingerprint density at radius 1 is 1.00 bits per heavy atom. The Morgan fingerprint density at radius 3 is 2.21 bits per heavy atom. The number of halogens is 5. The molecule has 0 atom stereocenters. The number of alkyl halides is 3. The molecule has 0 aliphatic rings. The molecule has 1 aromatic heterocycles. The number of amidine groups is 1. The Labute approximate surface area is 230 Å². The molecule has 0 fully saturated rings. The van der Waals surface area contributed by atoms with Crippen LogP contribution in [0.1, 0.15) is 32.7 Å². The number of carbonyl (C=O) groups is 1. The Bertz CT molecular complexity index is 1420. The number of nitrogens with one attached hydrogen (secondary N) is 2. The third kappa shape index (κ3) is 8.62. The number of aromatic nitrogens is 1. The van der Waals surface area contributed by atoms with E-state index in [2.05, 4.69) is 25.6 Å². The van der Waals surface area contributed by atoms with Gasteiger partial charge in [0, 0.05) is 38.6 Å². The highest BCUT2D eigenvalue weighted by molar-refractivity contribution is 6.35. The number of benzene rings is 2. The van der Waals surface area contributed by atoms with E-state index in [0.29, 0.717) is 32.3 Å². The van der Waals surface area contributed by atoms with E-state index in [1.54, 1.807) is 36.4 Å². The number of rotatable bonds is 9. The van der Waals surface area contributed by atoms with Gasteiger partial charge in [0.15, 0.2) is 0 Å². The molecular formula is C25H21Cl2F3N8O. The van der Waals surface area contributed by atoms with Crippen LogP contribution < -0.4 is 16.8 Å². The molecule has 0 bridgehead atoms. The van der Waals surface area contributed by atoms with E-state index in [4.69, 9.17) is 40.2 Å². The van der Waals surface area contributed by atoms with Gasteiger partial charge in [-0.3, -0.25) is 14.8 Å². The van der Waals surface area contributed by atoms with Crippen LogP contribution in [0.3, 0.4) is 0 Å². The topological polar surface area (TPSA) is 155 Å². The Hall–Kier alpha value is -4.29. The van der Waals surface area contributed by atoms with Crippen molar-refractivity contribution in [1.82, 2.24) is 10.3 Å². The number of allylic oxidation sites excluding steroid dienone is 1. The summed E-state index contributed by atoms with van der Waals surface area (Å²) in [5.41, 5.74) is 19.7. The highest BCUT2D eigenvalue weighted by atomic mass is 35.5. The predicted molar refractivity (Wildman–Crippen MR) is 144 cm³/mol. The highest BCUT2D eigenvalue weighted by Crippen LogP contribution is 2.28. The van der Waals surface area contributed by atoms with Gasteiger partial charge in [0.2, 0.25) is 0 Å². The summed E-state index contributed by atoms with van der Waals surface area (Å²) in [6, 6.07) is 13.3. The molecule has 9 nitrogen and oxygen atoms in total. The first kappa shape index (κ1) is 29.3. The maximum Gasteiger partial charge on any atom is 0.433 e. The maximum atomic E-state index is 13.0. The molecule has 202 valence electrons. The summed E-state index contributed by atoms with van der Waals surface area (Å²) >= 11 is 12.1. The van der Waals surface area contributed by atoms with Crippen molar-refractivity contribution in [3.05, 3.63) is 105 Å². The molecule has 3 rings (SSSR count). The summed E-state index contributed by atoms with van der Waals surface area (Å²) < 4.78 is 39.0. The largest absolute Gasteiger partial charge is 0.433 e. The molecule has 0 saturated heterocycles. The van der Waals surface area contributed by atoms with Crippen molar-refractivity contribution in [2.24, 2.45) is 26.8 Å². The van der Waals surface area contributed by atoms with Gasteiger partial charge in [-0.15, -0.1) is 5.10 Å². The molecule has 0 unspecified atom stereocenters. The monoisotopic (exact) mass is 576 g/mol. The maximum absolute atomic E-state index is 13.0. The molecular weight excluding hydrogens is 556 g/mol. The summed E-state index contributed by atoms with van der Waals surface area (Å²) in [4.78, 5) is 20.3. The standard InChI is InChI=1S/C25H21Cl2F3N8O/c26-18-7-17(8-19(27)9-18)20(31)10-21(16-5-6-22(35-12-16)25(28,29)30)34-11-14-1-3-15(4-2-14)24(39)36-13-23(32)37-38-33/h1-10,12H,11,13,31H2,(H,36,39)(H3,32,33,37). The van der Waals surface area contributed by atoms with Gasteiger partial charge in [-0.2, -0.15) is 18.7 Å². The number of amides is 1. The Kier molecular flexibility index (Phi) is 9.74. The van der Waals surface area contributed by atoms with Crippen molar-refractivity contribution in [3.63, 3.8) is 0 Å². The second-order valence-corrected chi connectivity index (χ2v) is 8.83. The third-order valence-corrected chi connectivity index (χ3v) is 5.53. The minimum absolute atomic E-state index is 0.0260. The van der Waals surface area contributed by atoms with Crippen LogP contribution in [-0.2, 0) is 12.7 Å². The average molecular weight is 577 g/mol. The van der Waals surface area contributed by atoms with Crippen molar-refractivity contribution in [2.75, 3.05) is 6.54 Å². The fourth-order valence-corrected chi connectivity index (χ4v) is 3.72. The van der Waals surface area contributed by atoms with E-state index < -0.39 is 17.8 Å². The van der Waals surface area contributed by atoms with Gasteiger partial charge in [-0.1, -0.05) is 40.6 Å². The Morgan fingerprint density at radius 2 is 1.64 bits per heavy atom. The van der Waals surface area contributed by atoms with Crippen LogP contribution in [0.5, 0.6) is 0 Å². The normalized spacial score (nSPS) is 12.8. The zero-order valence-electron chi connectivity index (χ0n) is 20.0. The minimum Gasteiger partial charge on any atom is -0.398 e. The zero-order valence-corrected chi connectivity index (χ0v) is 21.5. The number of nitrogens with two attached hydrogens (primary N) is 2. The molecule has 0 spiro atoms. The molecule has 2 aromatic carbocycles. The molecule has 3 aromatic rings. The quantitative estimate of drug-likeness (QED) is 0.116. The van der Waals surface area contributed by atoms with Crippen LogP contribution in [0.25, 0.3) is 5.70 Å². The SMILES string of the molecule is N=NN=C(N)CNC(=O)c1ccc(CN=C(C=C(N)c2cc(Cl)cc(Cl)c2)c2ccc(C(F)(F)F)nc2)cc1. The van der Waals surface area contributed by atoms with Gasteiger partial charge in [0.1, 0.15) is 11.5 Å². The van der Waals surface area contributed by atoms with Crippen molar-refractivity contribution >= 4 is 46.4 Å². The zero-order chi connectivity index (χ0) is 28.6. The van der Waals surface area contributed by atoms with Gasteiger partial charge >= 0.3 is 6.18 Å². The molecule has 1 amide bonds. The average Bonchev–Trinajstić information content (AvgIpc) is 2.89. The van der Waals surface area contributed by atoms with Gasteiger partial charge in [0.05, 0.1) is 18.8 Å². The number of pyridine rings is 1. The van der Waals surface area contributed by atoms with Gasteiger partial charge < -0.3 is 16.8 Å². The number of carbonyl (C=O) groups excluding carboxylic acids is 1. The van der Waals surface area contributed by atoms with E-state index in [1.807, 2.05) is 0 Å². The summed E-state index contributed by atoms with van der Waals surface area (Å²) in [7, 11) is 0. The second kappa shape index (κ2) is 13.0. The van der Waals surface area contributed by atoms with Gasteiger partial charge in [0.25, 0.3) is 5.91 Å². The number of hydrogen-bond donors (Lipinski definition) is 4. The van der Waals surface area contributed by atoms with Crippen molar-refractivity contribution < 1.29 is 18.0 Å². The summed E-state index contributed by atoms with van der Waals surface area (Å²) in [5.74, 6) is -0.442. The predicted octanol–water partition coefficient (Wildman–Crippen LogP) is 5.43. The van der Waals surface area contributed by atoms with Crippen molar-refractivity contribution in [3.8, 4) is 0 Å². The number of aliphatic imine (C=N–C) groups is 1. The van der Waals surface area contributed by atoms with Crippen LogP contribution >= 0.6 is 23.2 Å². The fourth-order valence-electron chi connectivity index (χ4n) is 3.19. The number of nitrogens with zero attached hydrogens (tertiary/aromatic N) is 4. The number of hydrogen-bond acceptors (Lipinski definition) is 6. The molecule has 14 heteroatoms. The van der Waals surface area contributed by atoms with Crippen molar-refractivity contribution in [1.29, 1.82) is 5.53 Å². The van der Waals surface area contributed by atoms with E-state index in [9.17, 15) is 18.0 Å². The molecule has 6 N–H and O–H groups in total. The second-order valence-electron chi connectivity index (χ2n) is 7.96. The van der Waals surface area contributed by atoms with E-state index in [-0.39, 0.29) is 30.3 Å². The molecule has 0 radical (unpaired) electrons. The first-order valence-corrected chi connectivity index (χ1v) is 11.8. The summed E-state index contributed by atoms with van der Waals surface area (Å²) in [6.45, 7) is 0.0341. The smallest absolute Gasteiger partial charge is 0.398 e. The lowest BCUT2D eigenvalue weighted by molar-refractivity contribution is -0.141. The molecule has 39 heavy (non-hydrogen) atoms. The lowest BCUT2D eigenvalue weighted by Gasteiger charge is -2.09. The van der Waals surface area contributed by atoms with Gasteiger partial charge in [-0.05, 0) is 54.1 Å². The third-order valence-electron chi connectivity index (χ3n) is 5.09. The Balaban J connectivity index is 1.88. The molecule has 0 saturated carbocycles. The van der Waals surface area contributed by atoms with E-state index in [1.165, 1.54) is 18.2 Å².